The second kappa shape index (κ2) is 5.98. The highest BCUT2D eigenvalue weighted by atomic mass is 79.9. The molecule has 0 heterocycles. The second-order valence-electron chi connectivity index (χ2n) is 3.45. The number of hydrogen-bond acceptors (Lipinski definition) is 3. The van der Waals surface area contributed by atoms with Crippen LogP contribution in [0.4, 0.5) is 5.69 Å². The van der Waals surface area contributed by atoms with Crippen LogP contribution in [0.3, 0.4) is 0 Å². The molecule has 0 fully saturated rings. The van der Waals surface area contributed by atoms with Crippen molar-refractivity contribution >= 4 is 21.6 Å². The standard InChI is InChI=1S/C11H16BrNO2/c1-8(2)14-5-6-15-11-7-9(12)3-4-10(11)13/h3-4,7-8H,5-6,13H2,1-2H3. The minimum atomic E-state index is 0.230. The summed E-state index contributed by atoms with van der Waals surface area (Å²) in [6.45, 7) is 5.07. The molecule has 0 bridgehead atoms. The number of halogens is 1. The molecule has 84 valence electrons. The fraction of sp³-hybridized carbons (Fsp3) is 0.455. The predicted octanol–water partition coefficient (Wildman–Crippen LogP) is 2.84. The Balaban J connectivity index is 2.40. The van der Waals surface area contributed by atoms with Gasteiger partial charge in [0.15, 0.2) is 0 Å². The first-order valence-corrected chi connectivity index (χ1v) is 5.68. The lowest BCUT2D eigenvalue weighted by Crippen LogP contribution is -2.11. The topological polar surface area (TPSA) is 44.5 Å². The summed E-state index contributed by atoms with van der Waals surface area (Å²) < 4.78 is 11.8. The van der Waals surface area contributed by atoms with Crippen molar-refractivity contribution in [1.29, 1.82) is 0 Å². The fourth-order valence-corrected chi connectivity index (χ4v) is 1.41. The summed E-state index contributed by atoms with van der Waals surface area (Å²) in [6.07, 6.45) is 0.230. The lowest BCUT2D eigenvalue weighted by molar-refractivity contribution is 0.0554. The SMILES string of the molecule is CC(C)OCCOc1cc(Br)ccc1N. The van der Waals surface area contributed by atoms with E-state index in [0.29, 0.717) is 24.7 Å². The van der Waals surface area contributed by atoms with Gasteiger partial charge in [-0.25, -0.2) is 0 Å². The summed E-state index contributed by atoms with van der Waals surface area (Å²) in [4.78, 5) is 0. The number of nitrogen functional groups attached to an aromatic ring is 1. The minimum Gasteiger partial charge on any atom is -0.489 e. The molecule has 0 unspecified atom stereocenters. The molecule has 0 spiro atoms. The van der Waals surface area contributed by atoms with Crippen molar-refractivity contribution in [3.8, 4) is 5.75 Å². The van der Waals surface area contributed by atoms with E-state index in [1.54, 1.807) is 0 Å². The first-order chi connectivity index (χ1) is 7.09. The van der Waals surface area contributed by atoms with E-state index in [1.165, 1.54) is 0 Å². The second-order valence-corrected chi connectivity index (χ2v) is 4.37. The molecule has 0 radical (unpaired) electrons. The van der Waals surface area contributed by atoms with Crippen LogP contribution in [-0.2, 0) is 4.74 Å². The third-order valence-electron chi connectivity index (χ3n) is 1.77. The minimum absolute atomic E-state index is 0.230. The van der Waals surface area contributed by atoms with E-state index in [-0.39, 0.29) is 6.10 Å². The van der Waals surface area contributed by atoms with Crippen molar-refractivity contribution in [3.05, 3.63) is 22.7 Å². The lowest BCUT2D eigenvalue weighted by Gasteiger charge is -2.11. The Morgan fingerprint density at radius 2 is 2.07 bits per heavy atom. The van der Waals surface area contributed by atoms with Gasteiger partial charge >= 0.3 is 0 Å². The fourth-order valence-electron chi connectivity index (χ4n) is 1.07. The summed E-state index contributed by atoms with van der Waals surface area (Å²) >= 11 is 3.36. The van der Waals surface area contributed by atoms with Gasteiger partial charge in [0.2, 0.25) is 0 Å². The van der Waals surface area contributed by atoms with Crippen LogP contribution in [0.5, 0.6) is 5.75 Å². The van der Waals surface area contributed by atoms with E-state index in [9.17, 15) is 0 Å². The largest absolute Gasteiger partial charge is 0.489 e. The molecule has 0 aliphatic heterocycles. The summed E-state index contributed by atoms with van der Waals surface area (Å²) in [5.41, 5.74) is 6.39. The third kappa shape index (κ3) is 4.53. The number of hydrogen-bond donors (Lipinski definition) is 1. The van der Waals surface area contributed by atoms with Gasteiger partial charge in [0.1, 0.15) is 12.4 Å². The van der Waals surface area contributed by atoms with Crippen molar-refractivity contribution in [3.63, 3.8) is 0 Å². The number of nitrogens with two attached hydrogens (primary N) is 1. The molecule has 1 aromatic carbocycles. The van der Waals surface area contributed by atoms with Crippen molar-refractivity contribution in [2.45, 2.75) is 20.0 Å². The third-order valence-corrected chi connectivity index (χ3v) is 2.26. The van der Waals surface area contributed by atoms with E-state index in [4.69, 9.17) is 15.2 Å². The lowest BCUT2D eigenvalue weighted by atomic mass is 10.3. The number of anilines is 1. The molecule has 3 nitrogen and oxygen atoms in total. The quantitative estimate of drug-likeness (QED) is 0.663. The van der Waals surface area contributed by atoms with Crippen LogP contribution in [-0.4, -0.2) is 19.3 Å². The average Bonchev–Trinajstić information content (AvgIpc) is 2.17. The molecule has 0 saturated carbocycles. The molecular formula is C11H16BrNO2. The van der Waals surface area contributed by atoms with Crippen LogP contribution in [0.25, 0.3) is 0 Å². The van der Waals surface area contributed by atoms with Crippen LogP contribution in [0.1, 0.15) is 13.8 Å². The molecular weight excluding hydrogens is 258 g/mol. The van der Waals surface area contributed by atoms with Crippen molar-refractivity contribution in [2.24, 2.45) is 0 Å². The van der Waals surface area contributed by atoms with E-state index < -0.39 is 0 Å². The molecule has 0 aliphatic carbocycles. The van der Waals surface area contributed by atoms with E-state index >= 15 is 0 Å². The van der Waals surface area contributed by atoms with E-state index in [2.05, 4.69) is 15.9 Å². The van der Waals surface area contributed by atoms with Gasteiger partial charge in [-0.15, -0.1) is 0 Å². The van der Waals surface area contributed by atoms with Crippen LogP contribution in [0.2, 0.25) is 0 Å². The Labute approximate surface area is 98.7 Å². The molecule has 0 aromatic heterocycles. The highest BCUT2D eigenvalue weighted by Crippen LogP contribution is 2.25. The summed E-state index contributed by atoms with van der Waals surface area (Å²) in [5.74, 6) is 0.691. The Morgan fingerprint density at radius 3 is 2.73 bits per heavy atom. The van der Waals surface area contributed by atoms with Crippen molar-refractivity contribution in [1.82, 2.24) is 0 Å². The first kappa shape index (κ1) is 12.3. The van der Waals surface area contributed by atoms with Gasteiger partial charge in [-0.1, -0.05) is 15.9 Å². The maximum atomic E-state index is 5.74. The van der Waals surface area contributed by atoms with Gasteiger partial charge in [0, 0.05) is 4.47 Å². The maximum Gasteiger partial charge on any atom is 0.143 e. The smallest absolute Gasteiger partial charge is 0.143 e. The molecule has 4 heteroatoms. The zero-order valence-corrected chi connectivity index (χ0v) is 10.6. The Kier molecular flexibility index (Phi) is 4.91. The van der Waals surface area contributed by atoms with Gasteiger partial charge in [-0.05, 0) is 32.0 Å². The normalized spacial score (nSPS) is 10.7. The van der Waals surface area contributed by atoms with Crippen molar-refractivity contribution < 1.29 is 9.47 Å². The summed E-state index contributed by atoms with van der Waals surface area (Å²) in [7, 11) is 0. The Hall–Kier alpha value is -0.740. The van der Waals surface area contributed by atoms with Crippen LogP contribution < -0.4 is 10.5 Å². The average molecular weight is 274 g/mol. The van der Waals surface area contributed by atoms with Gasteiger partial charge in [-0.3, -0.25) is 0 Å². The summed E-state index contributed by atoms with van der Waals surface area (Å²) in [6, 6.07) is 5.54. The predicted molar refractivity (Wildman–Crippen MR) is 65.1 cm³/mol. The highest BCUT2D eigenvalue weighted by molar-refractivity contribution is 9.10. The number of rotatable bonds is 5. The number of benzene rings is 1. The van der Waals surface area contributed by atoms with Crippen LogP contribution in [0, 0.1) is 0 Å². The Morgan fingerprint density at radius 1 is 1.33 bits per heavy atom. The summed E-state index contributed by atoms with van der Waals surface area (Å²) in [5, 5.41) is 0. The van der Waals surface area contributed by atoms with Gasteiger partial charge < -0.3 is 15.2 Å². The van der Waals surface area contributed by atoms with Gasteiger partial charge in [-0.2, -0.15) is 0 Å². The molecule has 0 atom stereocenters. The molecule has 1 rings (SSSR count). The molecule has 15 heavy (non-hydrogen) atoms. The van der Waals surface area contributed by atoms with E-state index in [1.807, 2.05) is 32.0 Å². The van der Waals surface area contributed by atoms with Gasteiger partial charge in [0.25, 0.3) is 0 Å². The molecule has 0 aliphatic rings. The zero-order valence-electron chi connectivity index (χ0n) is 9.00. The monoisotopic (exact) mass is 273 g/mol. The Bertz CT molecular complexity index is 315. The molecule has 0 saturated heterocycles. The van der Waals surface area contributed by atoms with Crippen molar-refractivity contribution in [2.75, 3.05) is 18.9 Å². The van der Waals surface area contributed by atoms with Crippen LogP contribution in [0.15, 0.2) is 22.7 Å². The zero-order chi connectivity index (χ0) is 11.3. The van der Waals surface area contributed by atoms with E-state index in [0.717, 1.165) is 4.47 Å². The van der Waals surface area contributed by atoms with Gasteiger partial charge in [0.05, 0.1) is 18.4 Å². The molecule has 1 aromatic rings. The molecule has 2 N–H and O–H groups in total. The first-order valence-electron chi connectivity index (χ1n) is 4.89. The molecule has 0 amide bonds. The number of ether oxygens (including phenoxy) is 2. The maximum absolute atomic E-state index is 5.74. The van der Waals surface area contributed by atoms with Crippen LogP contribution >= 0.6 is 15.9 Å². The highest BCUT2D eigenvalue weighted by Gasteiger charge is 2.01.